The Morgan fingerprint density at radius 2 is 1.70 bits per heavy atom. The van der Waals surface area contributed by atoms with Crippen LogP contribution in [0.5, 0.6) is 0 Å². The Morgan fingerprint density at radius 3 is 2.39 bits per heavy atom. The molecule has 23 heavy (non-hydrogen) atoms. The molecular weight excluding hydrogens is 296 g/mol. The number of hydrogen-bond acceptors (Lipinski definition) is 3. The van der Waals surface area contributed by atoms with Crippen LogP contribution in [-0.4, -0.2) is 47.4 Å². The molecule has 1 heterocycles. The lowest BCUT2D eigenvalue weighted by molar-refractivity contribution is -0.151. The number of carboxylic acid groups (broad SMARTS) is 1. The Kier molecular flexibility index (Phi) is 6.42. The fraction of sp³-hybridized carbons (Fsp3) is 0.824. The standard InChI is InChI=1S/C17H28N2O4/c20-14(12-19-11-7-2-1-4-8-15(19)21)18-13-17(16(22)23)9-5-3-6-10-17/h1-13H2,(H,18,20)(H,22,23). The maximum Gasteiger partial charge on any atom is 0.311 e. The van der Waals surface area contributed by atoms with Gasteiger partial charge in [-0.3, -0.25) is 14.4 Å². The number of aliphatic carboxylic acids is 1. The van der Waals surface area contributed by atoms with E-state index in [0.29, 0.717) is 25.8 Å². The van der Waals surface area contributed by atoms with E-state index in [0.717, 1.165) is 44.9 Å². The zero-order chi connectivity index (χ0) is 16.7. The highest BCUT2D eigenvalue weighted by atomic mass is 16.4. The maximum atomic E-state index is 12.2. The minimum atomic E-state index is -0.825. The first-order valence-corrected chi connectivity index (χ1v) is 8.81. The summed E-state index contributed by atoms with van der Waals surface area (Å²) in [4.78, 5) is 37.4. The molecule has 0 unspecified atom stereocenters. The van der Waals surface area contributed by atoms with Crippen LogP contribution >= 0.6 is 0 Å². The third-order valence-electron chi connectivity index (χ3n) is 5.14. The van der Waals surface area contributed by atoms with Gasteiger partial charge in [0.25, 0.3) is 0 Å². The van der Waals surface area contributed by atoms with E-state index in [2.05, 4.69) is 5.32 Å². The summed E-state index contributed by atoms with van der Waals surface area (Å²) in [7, 11) is 0. The van der Waals surface area contributed by atoms with Crippen LogP contribution in [0.25, 0.3) is 0 Å². The lowest BCUT2D eigenvalue weighted by atomic mass is 9.74. The van der Waals surface area contributed by atoms with Crippen LogP contribution in [0.1, 0.15) is 64.2 Å². The molecule has 0 aromatic heterocycles. The van der Waals surface area contributed by atoms with E-state index in [1.807, 2.05) is 0 Å². The van der Waals surface area contributed by atoms with E-state index in [9.17, 15) is 19.5 Å². The van der Waals surface area contributed by atoms with Gasteiger partial charge in [-0.15, -0.1) is 0 Å². The van der Waals surface area contributed by atoms with Gasteiger partial charge in [0.1, 0.15) is 0 Å². The number of carbonyl (C=O) groups is 3. The van der Waals surface area contributed by atoms with Gasteiger partial charge in [-0.25, -0.2) is 0 Å². The summed E-state index contributed by atoms with van der Waals surface area (Å²) in [5.74, 6) is -1.03. The van der Waals surface area contributed by atoms with Gasteiger partial charge in [-0.1, -0.05) is 32.1 Å². The van der Waals surface area contributed by atoms with Crippen molar-refractivity contribution in [3.05, 3.63) is 0 Å². The second kappa shape index (κ2) is 8.31. The molecule has 0 atom stereocenters. The number of amides is 2. The van der Waals surface area contributed by atoms with Gasteiger partial charge in [-0.2, -0.15) is 0 Å². The van der Waals surface area contributed by atoms with Crippen molar-refractivity contribution >= 4 is 17.8 Å². The first kappa shape index (κ1) is 17.8. The van der Waals surface area contributed by atoms with Crippen molar-refractivity contribution < 1.29 is 19.5 Å². The van der Waals surface area contributed by atoms with Crippen molar-refractivity contribution in [2.24, 2.45) is 5.41 Å². The third-order valence-corrected chi connectivity index (χ3v) is 5.14. The van der Waals surface area contributed by atoms with Crippen LogP contribution in [0.15, 0.2) is 0 Å². The van der Waals surface area contributed by atoms with Gasteiger partial charge < -0.3 is 15.3 Å². The van der Waals surface area contributed by atoms with Gasteiger partial charge in [0.05, 0.1) is 12.0 Å². The molecule has 1 aliphatic heterocycles. The first-order chi connectivity index (χ1) is 11.0. The maximum absolute atomic E-state index is 12.2. The lowest BCUT2D eigenvalue weighted by Gasteiger charge is -2.33. The zero-order valence-electron chi connectivity index (χ0n) is 13.8. The Morgan fingerprint density at radius 1 is 1.04 bits per heavy atom. The molecule has 0 bridgehead atoms. The second-order valence-electron chi connectivity index (χ2n) is 6.90. The molecule has 1 aliphatic carbocycles. The fourth-order valence-electron chi connectivity index (χ4n) is 3.57. The molecule has 0 aromatic carbocycles. The average molecular weight is 324 g/mol. The van der Waals surface area contributed by atoms with Gasteiger partial charge >= 0.3 is 5.97 Å². The van der Waals surface area contributed by atoms with Gasteiger partial charge in [0.15, 0.2) is 0 Å². The van der Waals surface area contributed by atoms with Gasteiger partial charge in [-0.05, 0) is 25.7 Å². The number of likely N-dealkylation sites (tertiary alicyclic amines) is 1. The summed E-state index contributed by atoms with van der Waals surface area (Å²) >= 11 is 0. The van der Waals surface area contributed by atoms with E-state index in [-0.39, 0.29) is 24.9 Å². The molecule has 0 aromatic rings. The summed E-state index contributed by atoms with van der Waals surface area (Å²) in [5, 5.41) is 12.3. The largest absolute Gasteiger partial charge is 0.481 e. The van der Waals surface area contributed by atoms with E-state index in [1.165, 1.54) is 0 Å². The van der Waals surface area contributed by atoms with Crippen LogP contribution in [0.3, 0.4) is 0 Å². The van der Waals surface area contributed by atoms with E-state index >= 15 is 0 Å². The van der Waals surface area contributed by atoms with E-state index in [4.69, 9.17) is 0 Å². The summed E-state index contributed by atoms with van der Waals surface area (Å²) in [6.45, 7) is 0.841. The van der Waals surface area contributed by atoms with Crippen molar-refractivity contribution in [1.82, 2.24) is 10.2 Å². The average Bonchev–Trinajstić information content (AvgIpc) is 2.53. The van der Waals surface area contributed by atoms with Crippen molar-refractivity contribution in [2.75, 3.05) is 19.6 Å². The quantitative estimate of drug-likeness (QED) is 0.809. The molecular formula is C17H28N2O4. The topological polar surface area (TPSA) is 86.7 Å². The van der Waals surface area contributed by atoms with Crippen LogP contribution in [0, 0.1) is 5.41 Å². The highest BCUT2D eigenvalue weighted by Crippen LogP contribution is 2.35. The molecule has 6 nitrogen and oxygen atoms in total. The number of nitrogens with one attached hydrogen (secondary N) is 1. The summed E-state index contributed by atoms with van der Waals surface area (Å²) in [6.07, 6.45) is 8.57. The molecule has 6 heteroatoms. The Hall–Kier alpha value is -1.59. The molecule has 2 fully saturated rings. The monoisotopic (exact) mass is 324 g/mol. The molecule has 2 rings (SSSR count). The van der Waals surface area contributed by atoms with Crippen molar-refractivity contribution in [1.29, 1.82) is 0 Å². The fourth-order valence-corrected chi connectivity index (χ4v) is 3.57. The third kappa shape index (κ3) is 4.94. The molecule has 0 spiro atoms. The predicted octanol–water partition coefficient (Wildman–Crippen LogP) is 1.93. The van der Waals surface area contributed by atoms with Crippen molar-refractivity contribution in [3.8, 4) is 0 Å². The van der Waals surface area contributed by atoms with E-state index in [1.54, 1.807) is 4.90 Å². The Bertz CT molecular complexity index is 444. The highest BCUT2D eigenvalue weighted by molar-refractivity contribution is 5.85. The smallest absolute Gasteiger partial charge is 0.311 e. The number of carbonyl (C=O) groups excluding carboxylic acids is 2. The Labute approximate surface area is 137 Å². The van der Waals surface area contributed by atoms with Crippen molar-refractivity contribution in [3.63, 3.8) is 0 Å². The summed E-state index contributed by atoms with van der Waals surface area (Å²) in [5.41, 5.74) is -0.825. The molecule has 1 saturated heterocycles. The molecule has 2 N–H and O–H groups in total. The Balaban J connectivity index is 1.85. The summed E-state index contributed by atoms with van der Waals surface area (Å²) < 4.78 is 0. The molecule has 2 aliphatic rings. The zero-order valence-corrected chi connectivity index (χ0v) is 13.8. The number of nitrogens with zero attached hydrogens (tertiary/aromatic N) is 1. The SMILES string of the molecule is O=C(CN1CCCCCCC1=O)NCC1(C(=O)O)CCCCC1. The predicted molar refractivity (Wildman–Crippen MR) is 85.8 cm³/mol. The van der Waals surface area contributed by atoms with Gasteiger partial charge in [0, 0.05) is 19.5 Å². The highest BCUT2D eigenvalue weighted by Gasteiger charge is 2.39. The van der Waals surface area contributed by atoms with Crippen LogP contribution in [0.4, 0.5) is 0 Å². The molecule has 130 valence electrons. The van der Waals surface area contributed by atoms with Crippen LogP contribution in [-0.2, 0) is 14.4 Å². The number of rotatable bonds is 5. The number of carboxylic acids is 1. The normalized spacial score (nSPS) is 22.1. The van der Waals surface area contributed by atoms with Crippen LogP contribution in [0.2, 0.25) is 0 Å². The summed E-state index contributed by atoms with van der Waals surface area (Å²) in [6, 6.07) is 0. The minimum Gasteiger partial charge on any atom is -0.481 e. The lowest BCUT2D eigenvalue weighted by Crippen LogP contribution is -2.48. The van der Waals surface area contributed by atoms with Gasteiger partial charge in [0.2, 0.25) is 11.8 Å². The van der Waals surface area contributed by atoms with Crippen molar-refractivity contribution in [2.45, 2.75) is 64.2 Å². The minimum absolute atomic E-state index is 0.0328. The molecule has 0 radical (unpaired) electrons. The van der Waals surface area contributed by atoms with E-state index < -0.39 is 11.4 Å². The number of hydrogen-bond donors (Lipinski definition) is 2. The second-order valence-corrected chi connectivity index (χ2v) is 6.90. The molecule has 2 amide bonds. The molecule has 1 saturated carbocycles. The van der Waals surface area contributed by atoms with Crippen LogP contribution < -0.4 is 5.32 Å². The first-order valence-electron chi connectivity index (χ1n) is 8.81.